The first-order chi connectivity index (χ1) is 16.6. The summed E-state index contributed by atoms with van der Waals surface area (Å²) in [5.74, 6) is 1.56. The molecule has 0 amide bonds. The molecule has 0 saturated carbocycles. The lowest BCUT2D eigenvalue weighted by Crippen LogP contribution is -2.05. The summed E-state index contributed by atoms with van der Waals surface area (Å²) in [4.78, 5) is 4.51. The van der Waals surface area contributed by atoms with E-state index in [1.165, 1.54) is 23.1 Å². The van der Waals surface area contributed by atoms with Gasteiger partial charge in [-0.05, 0) is 30.7 Å². The number of thiazole rings is 1. The predicted octanol–water partition coefficient (Wildman–Crippen LogP) is 6.09. The Bertz CT molecular complexity index is 1490. The lowest BCUT2D eigenvalue weighted by molar-refractivity contribution is 0.420. The first kappa shape index (κ1) is 21.9. The van der Waals surface area contributed by atoms with E-state index < -0.39 is 0 Å². The van der Waals surface area contributed by atoms with E-state index in [-0.39, 0.29) is 17.1 Å². The molecule has 1 N–H and O–H groups in total. The molecule has 2 aromatic carbocycles. The number of furan rings is 1. The van der Waals surface area contributed by atoms with E-state index in [2.05, 4.69) is 21.3 Å². The molecule has 0 unspecified atom stereocenters. The lowest BCUT2D eigenvalue weighted by Gasteiger charge is -2.10. The normalized spacial score (nSPS) is 12.0. The highest BCUT2D eigenvalue weighted by molar-refractivity contribution is 7.99. The van der Waals surface area contributed by atoms with Crippen LogP contribution in [0.5, 0.6) is 0 Å². The van der Waals surface area contributed by atoms with Gasteiger partial charge in [-0.25, -0.2) is 4.98 Å². The molecule has 0 aliphatic rings. The summed E-state index contributed by atoms with van der Waals surface area (Å²) in [7, 11) is 0. The van der Waals surface area contributed by atoms with Crippen molar-refractivity contribution in [2.24, 2.45) is 0 Å². The molecule has 0 saturated heterocycles. The summed E-state index contributed by atoms with van der Waals surface area (Å²) < 4.78 is 8.44. The monoisotopic (exact) mass is 485 g/mol. The number of aromatic nitrogens is 4. The molecule has 0 radical (unpaired) electrons. The zero-order valence-corrected chi connectivity index (χ0v) is 19.8. The van der Waals surface area contributed by atoms with Crippen LogP contribution in [0.4, 0.5) is 0 Å². The van der Waals surface area contributed by atoms with Crippen LogP contribution in [0.3, 0.4) is 0 Å². The van der Waals surface area contributed by atoms with E-state index in [0.717, 1.165) is 27.1 Å². The number of benzene rings is 2. The summed E-state index contributed by atoms with van der Waals surface area (Å²) in [6.45, 7) is 2.44. The van der Waals surface area contributed by atoms with E-state index >= 15 is 0 Å². The minimum absolute atomic E-state index is 0.0399. The standard InChI is InChI=1S/C25H19N5O2S2/c1-16-18(11-12-32-16)23-28-29-25(30(23)14-17-7-3-2-4-8-17)33-15-21(31)19(13-26)24-27-20-9-5-6-10-22(20)34-24/h2-12,31H,14-15H2,1H3/b21-19-. The quantitative estimate of drug-likeness (QED) is 0.169. The number of nitriles is 1. The van der Waals surface area contributed by atoms with Gasteiger partial charge in [-0.3, -0.25) is 4.57 Å². The van der Waals surface area contributed by atoms with Gasteiger partial charge < -0.3 is 9.52 Å². The van der Waals surface area contributed by atoms with Crippen molar-refractivity contribution in [1.82, 2.24) is 19.7 Å². The van der Waals surface area contributed by atoms with Crippen LogP contribution in [0, 0.1) is 18.3 Å². The maximum Gasteiger partial charge on any atom is 0.192 e. The molecule has 5 aromatic rings. The van der Waals surface area contributed by atoms with Crippen LogP contribution >= 0.6 is 23.1 Å². The molecule has 0 bridgehead atoms. The van der Waals surface area contributed by atoms with Crippen molar-refractivity contribution in [2.75, 3.05) is 5.75 Å². The van der Waals surface area contributed by atoms with Crippen molar-refractivity contribution in [3.05, 3.63) is 89.0 Å². The highest BCUT2D eigenvalue weighted by Gasteiger charge is 2.20. The molecule has 5 rings (SSSR count). The Morgan fingerprint density at radius 2 is 1.91 bits per heavy atom. The van der Waals surface area contributed by atoms with Crippen molar-refractivity contribution in [1.29, 1.82) is 5.26 Å². The molecule has 34 heavy (non-hydrogen) atoms. The van der Waals surface area contributed by atoms with Gasteiger partial charge in [0.25, 0.3) is 0 Å². The topological polar surface area (TPSA) is 101 Å². The summed E-state index contributed by atoms with van der Waals surface area (Å²) in [6, 6.07) is 21.7. The number of aryl methyl sites for hydroxylation is 1. The first-order valence-corrected chi connectivity index (χ1v) is 12.3. The van der Waals surface area contributed by atoms with Crippen LogP contribution in [0.1, 0.15) is 16.3 Å². The number of aliphatic hydroxyl groups excluding tert-OH is 1. The average molecular weight is 486 g/mol. The van der Waals surface area contributed by atoms with E-state index in [0.29, 0.717) is 22.5 Å². The van der Waals surface area contributed by atoms with Gasteiger partial charge in [0.2, 0.25) is 0 Å². The van der Waals surface area contributed by atoms with Gasteiger partial charge in [-0.1, -0.05) is 54.2 Å². The van der Waals surface area contributed by atoms with Crippen LogP contribution in [0.2, 0.25) is 0 Å². The fourth-order valence-electron chi connectivity index (χ4n) is 3.54. The highest BCUT2D eigenvalue weighted by Crippen LogP contribution is 2.32. The third-order valence-corrected chi connectivity index (χ3v) is 7.28. The molecule has 0 fully saturated rings. The second-order valence-corrected chi connectivity index (χ2v) is 9.45. The number of thioether (sulfide) groups is 1. The number of hydrogen-bond donors (Lipinski definition) is 1. The molecule has 9 heteroatoms. The van der Waals surface area contributed by atoms with Gasteiger partial charge in [0.15, 0.2) is 11.0 Å². The predicted molar refractivity (Wildman–Crippen MR) is 134 cm³/mol. The van der Waals surface area contributed by atoms with Gasteiger partial charge in [0.05, 0.1) is 34.3 Å². The smallest absolute Gasteiger partial charge is 0.192 e. The van der Waals surface area contributed by atoms with Gasteiger partial charge in [-0.2, -0.15) is 5.26 Å². The molecule has 0 aliphatic heterocycles. The number of allylic oxidation sites excluding steroid dienone is 1. The molecule has 0 aliphatic carbocycles. The van der Waals surface area contributed by atoms with Crippen LogP contribution in [0.25, 0.3) is 27.2 Å². The van der Waals surface area contributed by atoms with E-state index in [9.17, 15) is 10.4 Å². The Morgan fingerprint density at radius 1 is 1.12 bits per heavy atom. The molecular formula is C25H19N5O2S2. The number of nitrogens with zero attached hydrogens (tertiary/aromatic N) is 5. The Labute approximate surface area is 204 Å². The molecular weight excluding hydrogens is 466 g/mol. The van der Waals surface area contributed by atoms with Gasteiger partial charge in [-0.15, -0.1) is 21.5 Å². The van der Waals surface area contributed by atoms with Crippen molar-refractivity contribution in [3.8, 4) is 17.5 Å². The number of rotatable bonds is 7. The highest BCUT2D eigenvalue weighted by atomic mass is 32.2. The SMILES string of the molecule is Cc1occc1-c1nnc(SC/C(O)=C(\C#N)c2nc3ccccc3s2)n1Cc1ccccc1. The zero-order chi connectivity index (χ0) is 23.5. The van der Waals surface area contributed by atoms with Crippen LogP contribution in [-0.2, 0) is 6.54 Å². The Morgan fingerprint density at radius 3 is 2.65 bits per heavy atom. The minimum Gasteiger partial charge on any atom is -0.510 e. The molecule has 0 spiro atoms. The van der Waals surface area contributed by atoms with Gasteiger partial charge in [0, 0.05) is 0 Å². The van der Waals surface area contributed by atoms with Crippen molar-refractivity contribution in [3.63, 3.8) is 0 Å². The molecule has 3 aromatic heterocycles. The van der Waals surface area contributed by atoms with Gasteiger partial charge in [0.1, 0.15) is 28.2 Å². The molecule has 3 heterocycles. The first-order valence-electron chi connectivity index (χ1n) is 10.5. The Balaban J connectivity index is 1.46. The largest absolute Gasteiger partial charge is 0.510 e. The van der Waals surface area contributed by atoms with Crippen LogP contribution in [0.15, 0.2) is 82.3 Å². The van der Waals surface area contributed by atoms with Crippen LogP contribution < -0.4 is 0 Å². The van der Waals surface area contributed by atoms with Crippen molar-refractivity contribution >= 4 is 38.9 Å². The summed E-state index contributed by atoms with van der Waals surface area (Å²) in [5, 5.41) is 30.4. The Kier molecular flexibility index (Phi) is 6.16. The van der Waals surface area contributed by atoms with E-state index in [4.69, 9.17) is 4.42 Å². The van der Waals surface area contributed by atoms with Crippen molar-refractivity contribution < 1.29 is 9.52 Å². The fraction of sp³-hybridized carbons (Fsp3) is 0.120. The fourth-order valence-corrected chi connectivity index (χ4v) is 5.34. The summed E-state index contributed by atoms with van der Waals surface area (Å²) in [6.07, 6.45) is 1.63. The van der Waals surface area contributed by atoms with Crippen LogP contribution in [-0.4, -0.2) is 30.6 Å². The van der Waals surface area contributed by atoms with E-state index in [1.54, 1.807) is 6.26 Å². The third-order valence-electron chi connectivity index (χ3n) is 5.25. The third kappa shape index (κ3) is 4.33. The number of aliphatic hydroxyl groups is 1. The maximum atomic E-state index is 10.8. The second-order valence-electron chi connectivity index (χ2n) is 7.48. The number of fused-ring (bicyclic) bond motifs is 1. The lowest BCUT2D eigenvalue weighted by atomic mass is 10.2. The average Bonchev–Trinajstić information content (AvgIpc) is 3.57. The second kappa shape index (κ2) is 9.55. The molecule has 0 atom stereocenters. The summed E-state index contributed by atoms with van der Waals surface area (Å²) >= 11 is 2.70. The van der Waals surface area contributed by atoms with E-state index in [1.807, 2.05) is 72.2 Å². The van der Waals surface area contributed by atoms with Gasteiger partial charge >= 0.3 is 0 Å². The number of para-hydroxylation sites is 1. The van der Waals surface area contributed by atoms with Crippen molar-refractivity contribution in [2.45, 2.75) is 18.6 Å². The number of hydrogen-bond acceptors (Lipinski definition) is 8. The summed E-state index contributed by atoms with van der Waals surface area (Å²) in [5.41, 5.74) is 2.94. The maximum absolute atomic E-state index is 10.8. The molecule has 168 valence electrons. The zero-order valence-electron chi connectivity index (χ0n) is 18.2. The molecule has 7 nitrogen and oxygen atoms in total. The minimum atomic E-state index is -0.0399. The Hall–Kier alpha value is -3.87.